The van der Waals surface area contributed by atoms with Crippen LogP contribution in [0.1, 0.15) is 6.92 Å². The number of ether oxygens (including phenoxy) is 1. The molecule has 0 saturated heterocycles. The summed E-state index contributed by atoms with van der Waals surface area (Å²) in [6, 6.07) is 5.51. The molecule has 90 valence electrons. The molecule has 2 rings (SSSR count). The molecule has 0 saturated carbocycles. The van der Waals surface area contributed by atoms with Crippen molar-refractivity contribution in [1.82, 2.24) is 9.97 Å². The number of hydrogen-bond donors (Lipinski definition) is 1. The lowest BCUT2D eigenvalue weighted by Crippen LogP contribution is -2.24. The van der Waals surface area contributed by atoms with Gasteiger partial charge in [0.2, 0.25) is 0 Å². The summed E-state index contributed by atoms with van der Waals surface area (Å²) in [6.45, 7) is 2.52. The number of benzene rings is 1. The van der Waals surface area contributed by atoms with Crippen molar-refractivity contribution >= 4 is 28.8 Å². The Bertz CT molecular complexity index is 538. The Morgan fingerprint density at radius 1 is 1.59 bits per heavy atom. The van der Waals surface area contributed by atoms with Crippen molar-refractivity contribution in [3.8, 4) is 5.75 Å². The molecule has 0 unspecified atom stereocenters. The summed E-state index contributed by atoms with van der Waals surface area (Å²) in [5.41, 5.74) is 1.62. The van der Waals surface area contributed by atoms with Crippen LogP contribution in [-0.4, -0.2) is 28.3 Å². The fourth-order valence-electron chi connectivity index (χ4n) is 1.42. The summed E-state index contributed by atoms with van der Waals surface area (Å²) in [4.78, 5) is 17.6. The Kier molecular flexibility index (Phi) is 3.53. The monoisotopic (exact) mass is 251 g/mol. The number of thioether (sulfide) groups is 1. The average Bonchev–Trinajstić information content (AvgIpc) is 2.69. The van der Waals surface area contributed by atoms with E-state index in [0.717, 1.165) is 28.5 Å². The van der Waals surface area contributed by atoms with Crippen LogP contribution in [0.15, 0.2) is 23.4 Å². The molecule has 0 fully saturated rings. The van der Waals surface area contributed by atoms with Crippen molar-refractivity contribution in [2.75, 3.05) is 12.4 Å². The van der Waals surface area contributed by atoms with Crippen LogP contribution in [0.2, 0.25) is 0 Å². The first kappa shape index (κ1) is 11.8. The van der Waals surface area contributed by atoms with Gasteiger partial charge >= 0.3 is 0 Å². The van der Waals surface area contributed by atoms with Gasteiger partial charge in [-0.3, -0.25) is 0 Å². The number of carbonyl (C=O) groups is 1. The number of aromatic amines is 1. The maximum atomic E-state index is 10.3. The Morgan fingerprint density at radius 3 is 3.12 bits per heavy atom. The molecule has 1 aromatic carbocycles. The van der Waals surface area contributed by atoms with Crippen molar-refractivity contribution < 1.29 is 14.6 Å². The fraction of sp³-hybridized carbons (Fsp3) is 0.273. The molecular weight excluding hydrogens is 240 g/mol. The minimum absolute atomic E-state index is 0.113. The molecule has 1 N–H and O–H groups in total. The molecule has 1 aromatic heterocycles. The minimum atomic E-state index is -1.11. The largest absolute Gasteiger partial charge is 0.549 e. The van der Waals surface area contributed by atoms with Crippen LogP contribution in [0.5, 0.6) is 5.75 Å². The van der Waals surface area contributed by atoms with Crippen molar-refractivity contribution in [2.24, 2.45) is 0 Å². The second kappa shape index (κ2) is 5.09. The predicted octanol–water partition coefficient (Wildman–Crippen LogP) is 0.804. The van der Waals surface area contributed by atoms with E-state index in [2.05, 4.69) is 9.97 Å². The van der Waals surface area contributed by atoms with E-state index < -0.39 is 5.97 Å². The number of carboxylic acids is 1. The first-order chi connectivity index (χ1) is 8.19. The number of hydrogen-bond acceptors (Lipinski definition) is 5. The molecule has 17 heavy (non-hydrogen) atoms. The third kappa shape index (κ3) is 2.91. The maximum absolute atomic E-state index is 10.3. The van der Waals surface area contributed by atoms with Crippen LogP contribution in [-0.2, 0) is 4.79 Å². The lowest BCUT2D eigenvalue weighted by Gasteiger charge is -2.00. The number of fused-ring (bicyclic) bond motifs is 1. The van der Waals surface area contributed by atoms with Gasteiger partial charge in [-0.15, -0.1) is 0 Å². The van der Waals surface area contributed by atoms with E-state index in [0.29, 0.717) is 11.8 Å². The van der Waals surface area contributed by atoms with E-state index in [1.54, 1.807) is 0 Å². The minimum Gasteiger partial charge on any atom is -0.549 e. The van der Waals surface area contributed by atoms with Crippen LogP contribution < -0.4 is 9.84 Å². The Morgan fingerprint density at radius 2 is 2.41 bits per heavy atom. The van der Waals surface area contributed by atoms with Gasteiger partial charge in [-0.1, -0.05) is 11.8 Å². The normalized spacial score (nSPS) is 10.6. The molecule has 5 nitrogen and oxygen atoms in total. The smallest absolute Gasteiger partial charge is 0.166 e. The number of rotatable bonds is 5. The standard InChI is InChI=1S/C11H12N2O3S/c1-2-16-7-3-4-8-9(5-7)13-11(12-8)17-6-10(14)15/h3-5H,2,6H2,1H3,(H,12,13)(H,14,15)/p-1. The van der Waals surface area contributed by atoms with Crippen LogP contribution in [0.3, 0.4) is 0 Å². The number of imidazole rings is 1. The molecule has 0 aliphatic rings. The van der Waals surface area contributed by atoms with Gasteiger partial charge in [-0.25, -0.2) is 4.98 Å². The molecule has 6 heteroatoms. The second-order valence-electron chi connectivity index (χ2n) is 3.31. The van der Waals surface area contributed by atoms with Gasteiger partial charge < -0.3 is 19.6 Å². The molecule has 0 amide bonds. The molecule has 0 radical (unpaired) electrons. The molecular formula is C11H11N2O3S-. The number of nitrogens with one attached hydrogen (secondary N) is 1. The highest BCUT2D eigenvalue weighted by molar-refractivity contribution is 7.99. The third-order valence-corrected chi connectivity index (χ3v) is 2.92. The highest BCUT2D eigenvalue weighted by Crippen LogP contribution is 2.22. The van der Waals surface area contributed by atoms with Crippen molar-refractivity contribution in [3.05, 3.63) is 18.2 Å². The zero-order valence-electron chi connectivity index (χ0n) is 9.23. The SMILES string of the molecule is CCOc1ccc2nc(SCC(=O)[O-])[nH]c2c1. The Hall–Kier alpha value is -1.69. The molecule has 0 aliphatic carbocycles. The Labute approximate surface area is 102 Å². The third-order valence-electron chi connectivity index (χ3n) is 2.07. The quantitative estimate of drug-likeness (QED) is 0.795. The zero-order chi connectivity index (χ0) is 12.3. The van der Waals surface area contributed by atoms with E-state index in [1.807, 2.05) is 25.1 Å². The van der Waals surface area contributed by atoms with Gasteiger partial charge in [0, 0.05) is 11.8 Å². The fourth-order valence-corrected chi connectivity index (χ4v) is 2.02. The number of H-pyrrole nitrogens is 1. The van der Waals surface area contributed by atoms with Crippen LogP contribution in [0.25, 0.3) is 11.0 Å². The summed E-state index contributed by atoms with van der Waals surface area (Å²) in [5.74, 6) is -0.455. The van der Waals surface area contributed by atoms with E-state index >= 15 is 0 Å². The van der Waals surface area contributed by atoms with E-state index in [4.69, 9.17) is 4.74 Å². The first-order valence-electron chi connectivity index (χ1n) is 5.14. The van der Waals surface area contributed by atoms with Crippen LogP contribution in [0.4, 0.5) is 0 Å². The molecule has 1 heterocycles. The van der Waals surface area contributed by atoms with Gasteiger partial charge in [0.15, 0.2) is 5.16 Å². The molecule has 0 spiro atoms. The predicted molar refractivity (Wildman–Crippen MR) is 63.0 cm³/mol. The number of nitrogens with zero attached hydrogens (tertiary/aromatic N) is 1. The number of aromatic nitrogens is 2. The highest BCUT2D eigenvalue weighted by Gasteiger charge is 2.04. The molecule has 0 atom stereocenters. The highest BCUT2D eigenvalue weighted by atomic mass is 32.2. The average molecular weight is 251 g/mol. The topological polar surface area (TPSA) is 78.0 Å². The van der Waals surface area contributed by atoms with E-state index in [-0.39, 0.29) is 5.75 Å². The summed E-state index contributed by atoms with van der Waals surface area (Å²) in [7, 11) is 0. The van der Waals surface area contributed by atoms with E-state index in [1.165, 1.54) is 0 Å². The number of aliphatic carboxylic acids is 1. The summed E-state index contributed by atoms with van der Waals surface area (Å²) in [5, 5.41) is 10.9. The summed E-state index contributed by atoms with van der Waals surface area (Å²) < 4.78 is 5.36. The number of carboxylic acid groups (broad SMARTS) is 1. The Balaban J connectivity index is 2.21. The summed E-state index contributed by atoms with van der Waals surface area (Å²) >= 11 is 1.10. The van der Waals surface area contributed by atoms with Gasteiger partial charge in [-0.2, -0.15) is 0 Å². The number of carbonyl (C=O) groups excluding carboxylic acids is 1. The zero-order valence-corrected chi connectivity index (χ0v) is 10.0. The maximum Gasteiger partial charge on any atom is 0.166 e. The van der Waals surface area contributed by atoms with Crippen molar-refractivity contribution in [2.45, 2.75) is 12.1 Å². The molecule has 2 aromatic rings. The second-order valence-corrected chi connectivity index (χ2v) is 4.28. The van der Waals surface area contributed by atoms with Crippen molar-refractivity contribution in [3.63, 3.8) is 0 Å². The van der Waals surface area contributed by atoms with Gasteiger partial charge in [0.25, 0.3) is 0 Å². The van der Waals surface area contributed by atoms with E-state index in [9.17, 15) is 9.90 Å². The van der Waals surface area contributed by atoms with Crippen LogP contribution >= 0.6 is 11.8 Å². The molecule has 0 bridgehead atoms. The lowest BCUT2D eigenvalue weighted by molar-refractivity contribution is -0.301. The van der Waals surface area contributed by atoms with Crippen LogP contribution in [0, 0.1) is 0 Å². The lowest BCUT2D eigenvalue weighted by atomic mass is 10.3. The molecule has 0 aliphatic heterocycles. The van der Waals surface area contributed by atoms with Gasteiger partial charge in [0.1, 0.15) is 5.75 Å². The van der Waals surface area contributed by atoms with Gasteiger partial charge in [0.05, 0.1) is 23.6 Å². The first-order valence-corrected chi connectivity index (χ1v) is 6.13. The summed E-state index contributed by atoms with van der Waals surface area (Å²) in [6.07, 6.45) is 0. The van der Waals surface area contributed by atoms with Gasteiger partial charge in [-0.05, 0) is 19.1 Å². The van der Waals surface area contributed by atoms with Crippen molar-refractivity contribution in [1.29, 1.82) is 0 Å².